The molecule has 11 heteroatoms. The Labute approximate surface area is 262 Å². The summed E-state index contributed by atoms with van der Waals surface area (Å²) in [5.41, 5.74) is 3.98. The van der Waals surface area contributed by atoms with Gasteiger partial charge < -0.3 is 49.0 Å². The molecule has 0 aliphatic carbocycles. The van der Waals surface area contributed by atoms with Crippen LogP contribution in [0.4, 0.5) is 21.2 Å². The van der Waals surface area contributed by atoms with Gasteiger partial charge in [-0.05, 0) is 37.6 Å². The fraction of sp³-hybridized carbons (Fsp3) is 0.367. The number of thiophene rings is 1. The summed E-state index contributed by atoms with van der Waals surface area (Å²) in [5.74, 6) is 0.500. The molecule has 0 saturated carbocycles. The summed E-state index contributed by atoms with van der Waals surface area (Å²) in [6, 6.07) is 19.0. The Kier molecular flexibility index (Phi) is 10.3. The average Bonchev–Trinajstić information content (AvgIpc) is 3.24. The van der Waals surface area contributed by atoms with Crippen LogP contribution in [-0.4, -0.2) is 79.9 Å². The molecular formula is C30H36IN5O4S. The van der Waals surface area contributed by atoms with Gasteiger partial charge in [0.2, 0.25) is 6.73 Å². The zero-order valence-electron chi connectivity index (χ0n) is 23.6. The summed E-state index contributed by atoms with van der Waals surface area (Å²) >= 11 is 1.74. The van der Waals surface area contributed by atoms with Crippen LogP contribution in [0.3, 0.4) is 0 Å². The van der Waals surface area contributed by atoms with Gasteiger partial charge in [-0.25, -0.2) is 14.6 Å². The number of hydrogen-bond donors (Lipinski definition) is 2. The number of aryl methyl sites for hydroxylation is 1. The number of nitrogens with one attached hydrogen (secondary N) is 2. The van der Waals surface area contributed by atoms with Gasteiger partial charge in [-0.3, -0.25) is 4.48 Å². The van der Waals surface area contributed by atoms with Crippen molar-refractivity contribution in [1.82, 2.24) is 10.2 Å². The summed E-state index contributed by atoms with van der Waals surface area (Å²) in [6.07, 6.45) is -0.287. The minimum atomic E-state index is -0.815. The Balaban J connectivity index is 0.00000387. The lowest BCUT2D eigenvalue weighted by Crippen LogP contribution is -3.00. The topological polar surface area (TPSA) is 92.3 Å². The van der Waals surface area contributed by atoms with E-state index in [2.05, 4.69) is 41.6 Å². The van der Waals surface area contributed by atoms with Crippen molar-refractivity contribution in [3.05, 3.63) is 76.7 Å². The first-order valence-electron chi connectivity index (χ1n) is 13.6. The third-order valence-electron chi connectivity index (χ3n) is 7.25. The molecular weight excluding hydrogens is 653 g/mol. The second kappa shape index (κ2) is 13.7. The number of nitrogens with zero attached hydrogens (tertiary/aromatic N) is 3. The van der Waals surface area contributed by atoms with Gasteiger partial charge in [-0.2, -0.15) is 0 Å². The number of para-hydroxylation sites is 2. The fourth-order valence-electron chi connectivity index (χ4n) is 4.96. The van der Waals surface area contributed by atoms with Gasteiger partial charge in [-0.1, -0.05) is 42.5 Å². The number of benzene rings is 2. The minimum Gasteiger partial charge on any atom is -1.00 e. The predicted octanol–water partition coefficient (Wildman–Crippen LogP) is 1.82. The lowest BCUT2D eigenvalue weighted by molar-refractivity contribution is -0.928. The maximum Gasteiger partial charge on any atom is 0.412 e. The molecule has 9 nitrogen and oxygen atoms in total. The van der Waals surface area contributed by atoms with E-state index in [-0.39, 0.29) is 37.3 Å². The van der Waals surface area contributed by atoms with Crippen LogP contribution in [0.5, 0.6) is 0 Å². The third-order valence-corrected chi connectivity index (χ3v) is 8.21. The van der Waals surface area contributed by atoms with E-state index < -0.39 is 18.1 Å². The first kappa shape index (κ1) is 30.8. The monoisotopic (exact) mass is 689 g/mol. The average molecular weight is 690 g/mol. The molecule has 3 heterocycles. The highest BCUT2D eigenvalue weighted by molar-refractivity contribution is 7.16. The standard InChI is InChI=1S/C30H35N5O4S.HI/c1-4-38-29(36)26(19-22-10-6-5-7-11-22)33-30(37)39-20-35(3)16-14-34(15-17-35)27-23-18-21(2)40-28(23)32-25-13-9-8-12-24(25)31-27;/h5-13,18,26H,4,14-17,19-20H2,1-3H3,(H-,31,32,33,37);1H. The predicted molar refractivity (Wildman–Crippen MR) is 158 cm³/mol. The minimum absolute atomic E-state index is 0. The van der Waals surface area contributed by atoms with Gasteiger partial charge in [0.05, 0.1) is 56.8 Å². The van der Waals surface area contributed by atoms with E-state index in [1.165, 1.54) is 4.88 Å². The molecule has 1 amide bonds. The number of likely N-dealkylation sites (N-methyl/N-ethyl adjacent to an activating group) is 1. The van der Waals surface area contributed by atoms with Crippen molar-refractivity contribution >= 4 is 45.6 Å². The van der Waals surface area contributed by atoms with E-state index in [0.29, 0.717) is 10.9 Å². The van der Waals surface area contributed by atoms with E-state index in [9.17, 15) is 9.59 Å². The number of fused-ring (bicyclic) bond motifs is 2. The number of alkyl carbamates (subject to hydrolysis) is 1. The normalized spacial score (nSPS) is 16.0. The van der Waals surface area contributed by atoms with Crippen LogP contribution in [0, 0.1) is 6.92 Å². The molecule has 2 aliphatic heterocycles. The van der Waals surface area contributed by atoms with E-state index in [0.717, 1.165) is 59.5 Å². The number of esters is 1. The first-order chi connectivity index (χ1) is 19.3. The van der Waals surface area contributed by atoms with Gasteiger partial charge in [-0.15, -0.1) is 11.3 Å². The molecule has 218 valence electrons. The molecule has 1 atom stereocenters. The maximum absolute atomic E-state index is 12.8. The molecule has 3 aromatic rings. The zero-order chi connectivity index (χ0) is 28.1. The number of anilines is 2. The number of amides is 1. The molecule has 2 aliphatic rings. The van der Waals surface area contributed by atoms with Crippen LogP contribution in [0.1, 0.15) is 22.9 Å². The van der Waals surface area contributed by atoms with E-state index in [4.69, 9.17) is 14.5 Å². The molecule has 0 spiro atoms. The van der Waals surface area contributed by atoms with Crippen molar-refractivity contribution in [3.63, 3.8) is 0 Å². The SMILES string of the molecule is CCOC(=O)C(Cc1ccccc1)NC(=O)OC[N+]1(C)CCN(C2=Nc3ccccc3Nc3sc(C)cc32)CC1.[I-]. The second-order valence-corrected chi connectivity index (χ2v) is 11.7. The molecule has 2 aromatic carbocycles. The number of piperazine rings is 1. The Morgan fingerprint density at radius 1 is 1.10 bits per heavy atom. The number of hydrogen-bond acceptors (Lipinski definition) is 8. The van der Waals surface area contributed by atoms with Crippen LogP contribution >= 0.6 is 11.3 Å². The lowest BCUT2D eigenvalue weighted by atomic mass is 10.1. The van der Waals surface area contributed by atoms with Crippen molar-refractivity contribution in [2.75, 3.05) is 51.9 Å². The van der Waals surface area contributed by atoms with Crippen molar-refractivity contribution in [1.29, 1.82) is 0 Å². The number of aliphatic imine (C=N–C) groups is 1. The summed E-state index contributed by atoms with van der Waals surface area (Å²) in [4.78, 5) is 33.9. The van der Waals surface area contributed by atoms with E-state index in [1.807, 2.05) is 48.5 Å². The highest BCUT2D eigenvalue weighted by atomic mass is 127. The van der Waals surface area contributed by atoms with Gasteiger partial charge in [0.25, 0.3) is 0 Å². The van der Waals surface area contributed by atoms with Gasteiger partial charge in [0.1, 0.15) is 16.9 Å². The summed E-state index contributed by atoms with van der Waals surface area (Å²) in [6.45, 7) is 7.43. The van der Waals surface area contributed by atoms with Crippen LogP contribution in [0.15, 0.2) is 65.7 Å². The van der Waals surface area contributed by atoms with Crippen molar-refractivity contribution < 1.29 is 47.5 Å². The largest absolute Gasteiger partial charge is 1.00 e. The molecule has 1 saturated heterocycles. The molecule has 0 bridgehead atoms. The number of ether oxygens (including phenoxy) is 2. The Morgan fingerprint density at radius 2 is 1.80 bits per heavy atom. The van der Waals surface area contributed by atoms with Crippen molar-refractivity contribution in [3.8, 4) is 0 Å². The Bertz CT molecular complexity index is 1390. The molecule has 0 radical (unpaired) electrons. The molecule has 2 N–H and O–H groups in total. The fourth-order valence-corrected chi connectivity index (χ4v) is 5.88. The molecule has 1 aromatic heterocycles. The quantitative estimate of drug-likeness (QED) is 0.224. The molecule has 41 heavy (non-hydrogen) atoms. The van der Waals surface area contributed by atoms with Crippen LogP contribution < -0.4 is 34.6 Å². The molecule has 5 rings (SSSR count). The number of halogens is 1. The summed E-state index contributed by atoms with van der Waals surface area (Å²) in [7, 11) is 2.09. The lowest BCUT2D eigenvalue weighted by Gasteiger charge is -2.42. The highest BCUT2D eigenvalue weighted by Gasteiger charge is 2.34. The molecule has 1 unspecified atom stereocenters. The first-order valence-corrected chi connectivity index (χ1v) is 14.4. The van der Waals surface area contributed by atoms with Crippen LogP contribution in [0.2, 0.25) is 0 Å². The van der Waals surface area contributed by atoms with Crippen molar-refractivity contribution in [2.24, 2.45) is 4.99 Å². The van der Waals surface area contributed by atoms with Crippen molar-refractivity contribution in [2.45, 2.75) is 26.3 Å². The van der Waals surface area contributed by atoms with E-state index in [1.54, 1.807) is 18.3 Å². The van der Waals surface area contributed by atoms with Crippen LogP contribution in [0.25, 0.3) is 0 Å². The maximum atomic E-state index is 12.8. The van der Waals surface area contributed by atoms with Crippen LogP contribution in [-0.2, 0) is 20.7 Å². The Morgan fingerprint density at radius 3 is 2.54 bits per heavy atom. The van der Waals surface area contributed by atoms with E-state index >= 15 is 0 Å². The van der Waals surface area contributed by atoms with Gasteiger partial charge in [0.15, 0.2) is 0 Å². The van der Waals surface area contributed by atoms with Gasteiger partial charge in [0, 0.05) is 11.3 Å². The molecule has 1 fully saturated rings. The summed E-state index contributed by atoms with van der Waals surface area (Å²) in [5, 5.41) is 7.39. The smallest absolute Gasteiger partial charge is 0.412 e. The number of carbonyl (C=O) groups is 2. The Hall–Kier alpha value is -3.16. The highest BCUT2D eigenvalue weighted by Crippen LogP contribution is 2.39. The summed E-state index contributed by atoms with van der Waals surface area (Å²) < 4.78 is 11.4. The van der Waals surface area contributed by atoms with Gasteiger partial charge >= 0.3 is 12.1 Å². The number of carbonyl (C=O) groups excluding carboxylic acids is 2. The number of rotatable bonds is 7. The number of amidine groups is 1. The zero-order valence-corrected chi connectivity index (χ0v) is 26.5. The second-order valence-electron chi connectivity index (χ2n) is 10.4. The number of quaternary nitrogens is 1. The third kappa shape index (κ3) is 7.57.